The maximum absolute atomic E-state index is 9.84. The molecule has 0 bridgehead atoms. The monoisotopic (exact) mass is 223 g/mol. The van der Waals surface area contributed by atoms with Crippen LogP contribution in [-0.2, 0) is 13.0 Å². The fourth-order valence-electron chi connectivity index (χ4n) is 2.34. The van der Waals surface area contributed by atoms with Crippen molar-refractivity contribution >= 4 is 0 Å². The number of rotatable bonds is 6. The van der Waals surface area contributed by atoms with Crippen molar-refractivity contribution in [2.24, 2.45) is 5.92 Å². The lowest BCUT2D eigenvalue weighted by Crippen LogP contribution is -2.10. The van der Waals surface area contributed by atoms with Gasteiger partial charge in [-0.1, -0.05) is 33.1 Å². The summed E-state index contributed by atoms with van der Waals surface area (Å²) >= 11 is 0. The summed E-state index contributed by atoms with van der Waals surface area (Å²) in [6.07, 6.45) is 5.48. The average Bonchev–Trinajstić information content (AvgIpc) is 3.03. The molecule has 1 aromatic rings. The summed E-state index contributed by atoms with van der Waals surface area (Å²) < 4.78 is 1.68. The standard InChI is InChI=1S/C13H21NO2/c1-3-5-6-9(4-2)8-14-12(15)10-7-11(10)13(14)16/h9,15-16H,3-8H2,1-2H3. The highest BCUT2D eigenvalue weighted by Gasteiger charge is 2.33. The van der Waals surface area contributed by atoms with Gasteiger partial charge >= 0.3 is 0 Å². The van der Waals surface area contributed by atoms with Gasteiger partial charge in [-0.3, -0.25) is 4.57 Å². The molecule has 0 saturated heterocycles. The summed E-state index contributed by atoms with van der Waals surface area (Å²) in [4.78, 5) is 0. The van der Waals surface area contributed by atoms with Crippen LogP contribution in [0.1, 0.15) is 50.7 Å². The van der Waals surface area contributed by atoms with E-state index >= 15 is 0 Å². The first-order valence-electron chi connectivity index (χ1n) is 6.31. The first-order chi connectivity index (χ1) is 7.69. The fourth-order valence-corrected chi connectivity index (χ4v) is 2.34. The van der Waals surface area contributed by atoms with Gasteiger partial charge in [-0.2, -0.15) is 0 Å². The molecule has 0 radical (unpaired) electrons. The zero-order valence-electron chi connectivity index (χ0n) is 10.2. The van der Waals surface area contributed by atoms with Crippen LogP contribution in [0.2, 0.25) is 0 Å². The Morgan fingerprint density at radius 2 is 1.81 bits per heavy atom. The van der Waals surface area contributed by atoms with Crippen molar-refractivity contribution < 1.29 is 10.2 Å². The number of fused-ring (bicyclic) bond motifs is 1. The summed E-state index contributed by atoms with van der Waals surface area (Å²) in [6.45, 7) is 5.11. The van der Waals surface area contributed by atoms with E-state index in [-0.39, 0.29) is 0 Å². The second-order valence-corrected chi connectivity index (χ2v) is 4.81. The quantitative estimate of drug-likeness (QED) is 0.790. The summed E-state index contributed by atoms with van der Waals surface area (Å²) in [5.74, 6) is 1.15. The number of aromatic nitrogens is 1. The largest absolute Gasteiger partial charge is 0.494 e. The first kappa shape index (κ1) is 11.4. The third-order valence-corrected chi connectivity index (χ3v) is 3.63. The first-order valence-corrected chi connectivity index (χ1v) is 6.31. The molecule has 0 aliphatic heterocycles. The molecule has 0 saturated carbocycles. The number of nitrogens with zero attached hydrogens (tertiary/aromatic N) is 1. The Hall–Kier alpha value is -1.12. The predicted molar refractivity (Wildman–Crippen MR) is 63.9 cm³/mol. The van der Waals surface area contributed by atoms with Crippen molar-refractivity contribution in [2.75, 3.05) is 0 Å². The normalized spacial score (nSPS) is 14.9. The zero-order valence-corrected chi connectivity index (χ0v) is 10.2. The number of aromatic hydroxyl groups is 2. The average molecular weight is 223 g/mol. The lowest BCUT2D eigenvalue weighted by Gasteiger charge is -2.17. The van der Waals surface area contributed by atoms with Gasteiger partial charge in [-0.25, -0.2) is 0 Å². The summed E-state index contributed by atoms with van der Waals surface area (Å²) in [7, 11) is 0. The van der Waals surface area contributed by atoms with E-state index in [4.69, 9.17) is 0 Å². The maximum atomic E-state index is 9.84. The lowest BCUT2D eigenvalue weighted by atomic mass is 9.99. The van der Waals surface area contributed by atoms with Crippen molar-refractivity contribution in [3.05, 3.63) is 11.1 Å². The van der Waals surface area contributed by atoms with Gasteiger partial charge in [-0.05, 0) is 12.3 Å². The number of hydrogen-bond acceptors (Lipinski definition) is 2. The third-order valence-electron chi connectivity index (χ3n) is 3.63. The molecule has 1 aliphatic carbocycles. The van der Waals surface area contributed by atoms with Crippen LogP contribution in [-0.4, -0.2) is 14.8 Å². The topological polar surface area (TPSA) is 45.4 Å². The molecule has 0 fully saturated rings. The minimum absolute atomic E-state index is 0.294. The minimum atomic E-state index is 0.294. The van der Waals surface area contributed by atoms with Crippen molar-refractivity contribution in [1.29, 1.82) is 0 Å². The SMILES string of the molecule is CCCCC(CC)Cn1c(O)c2c(c1O)C2. The molecule has 16 heavy (non-hydrogen) atoms. The minimum Gasteiger partial charge on any atom is -0.494 e. The van der Waals surface area contributed by atoms with Gasteiger partial charge in [0.1, 0.15) is 0 Å². The van der Waals surface area contributed by atoms with E-state index in [2.05, 4.69) is 13.8 Å². The van der Waals surface area contributed by atoms with Gasteiger partial charge in [0.25, 0.3) is 0 Å². The van der Waals surface area contributed by atoms with Crippen LogP contribution in [0.3, 0.4) is 0 Å². The predicted octanol–water partition coefficient (Wildman–Crippen LogP) is 3.02. The van der Waals surface area contributed by atoms with Gasteiger partial charge in [0.05, 0.1) is 0 Å². The molecule has 0 amide bonds. The molecule has 1 atom stereocenters. The Labute approximate surface area is 96.7 Å². The lowest BCUT2D eigenvalue weighted by molar-refractivity contribution is 0.311. The zero-order chi connectivity index (χ0) is 11.7. The van der Waals surface area contributed by atoms with E-state index in [0.29, 0.717) is 17.7 Å². The van der Waals surface area contributed by atoms with E-state index in [1.54, 1.807) is 4.57 Å². The summed E-state index contributed by atoms with van der Waals surface area (Å²) in [6, 6.07) is 0. The Morgan fingerprint density at radius 1 is 1.19 bits per heavy atom. The van der Waals surface area contributed by atoms with Crippen molar-refractivity contribution in [1.82, 2.24) is 4.57 Å². The molecule has 1 unspecified atom stereocenters. The highest BCUT2D eigenvalue weighted by Crippen LogP contribution is 2.46. The molecule has 2 N–H and O–H groups in total. The van der Waals surface area contributed by atoms with Gasteiger partial charge in [0.15, 0.2) is 11.8 Å². The maximum Gasteiger partial charge on any atom is 0.197 e. The molecule has 3 nitrogen and oxygen atoms in total. The molecule has 1 heterocycles. The van der Waals surface area contributed by atoms with Gasteiger partial charge in [0.2, 0.25) is 0 Å². The second kappa shape index (κ2) is 4.40. The van der Waals surface area contributed by atoms with E-state index < -0.39 is 0 Å². The molecule has 1 aliphatic rings. The Morgan fingerprint density at radius 3 is 2.31 bits per heavy atom. The summed E-state index contributed by atoms with van der Waals surface area (Å²) in [5.41, 5.74) is 1.89. The van der Waals surface area contributed by atoms with Crippen molar-refractivity contribution in [3.63, 3.8) is 0 Å². The molecular weight excluding hydrogens is 202 g/mol. The molecule has 1 aromatic heterocycles. The second-order valence-electron chi connectivity index (χ2n) is 4.81. The molecule has 3 heteroatoms. The van der Waals surface area contributed by atoms with E-state index in [1.807, 2.05) is 0 Å². The van der Waals surface area contributed by atoms with E-state index in [9.17, 15) is 10.2 Å². The van der Waals surface area contributed by atoms with Crippen LogP contribution in [0, 0.1) is 5.92 Å². The Bertz CT molecular complexity index is 356. The molecule has 90 valence electrons. The molecular formula is C13H21NO2. The van der Waals surface area contributed by atoms with Crippen LogP contribution in [0.15, 0.2) is 0 Å². The fraction of sp³-hybridized carbons (Fsp3) is 0.692. The van der Waals surface area contributed by atoms with E-state index in [0.717, 1.165) is 30.5 Å². The summed E-state index contributed by atoms with van der Waals surface area (Å²) in [5, 5.41) is 19.7. The highest BCUT2D eigenvalue weighted by atomic mass is 16.3. The third kappa shape index (κ3) is 1.91. The van der Waals surface area contributed by atoms with Crippen LogP contribution in [0.4, 0.5) is 0 Å². The van der Waals surface area contributed by atoms with Gasteiger partial charge in [-0.15, -0.1) is 0 Å². The van der Waals surface area contributed by atoms with Gasteiger partial charge in [0, 0.05) is 24.1 Å². The smallest absolute Gasteiger partial charge is 0.197 e. The van der Waals surface area contributed by atoms with Crippen LogP contribution >= 0.6 is 0 Å². The van der Waals surface area contributed by atoms with Crippen molar-refractivity contribution in [3.8, 4) is 11.8 Å². The Balaban J connectivity index is 2.02. The van der Waals surface area contributed by atoms with Crippen LogP contribution < -0.4 is 0 Å². The highest BCUT2D eigenvalue weighted by molar-refractivity contribution is 5.59. The number of hydrogen-bond donors (Lipinski definition) is 2. The Kier molecular flexibility index (Phi) is 3.13. The van der Waals surface area contributed by atoms with Crippen molar-refractivity contribution in [2.45, 2.75) is 52.5 Å². The van der Waals surface area contributed by atoms with E-state index in [1.165, 1.54) is 19.3 Å². The van der Waals surface area contributed by atoms with Crippen LogP contribution in [0.5, 0.6) is 11.8 Å². The molecule has 0 spiro atoms. The number of unbranched alkanes of at least 4 members (excludes halogenated alkanes) is 1. The molecule has 2 rings (SSSR count). The van der Waals surface area contributed by atoms with Gasteiger partial charge < -0.3 is 10.2 Å². The molecule has 0 aromatic carbocycles. The van der Waals surface area contributed by atoms with Crippen LogP contribution in [0.25, 0.3) is 0 Å².